The van der Waals surface area contributed by atoms with E-state index in [-0.39, 0.29) is 17.5 Å². The molecule has 0 saturated heterocycles. The quantitative estimate of drug-likeness (QED) is 0.726. The molecule has 16 heavy (non-hydrogen) atoms. The zero-order valence-corrected chi connectivity index (χ0v) is 11.8. The van der Waals surface area contributed by atoms with Gasteiger partial charge in [0.05, 0.1) is 6.54 Å². The molecule has 0 saturated carbocycles. The van der Waals surface area contributed by atoms with Crippen molar-refractivity contribution in [2.24, 2.45) is 0 Å². The molecule has 0 bridgehead atoms. The topological polar surface area (TPSA) is 32.3 Å². The van der Waals surface area contributed by atoms with Crippen LogP contribution in [-0.4, -0.2) is 36.0 Å². The molecule has 3 nitrogen and oxygen atoms in total. The van der Waals surface area contributed by atoms with Gasteiger partial charge in [0, 0.05) is 18.6 Å². The molecule has 0 atom stereocenters. The number of carbonyl (C=O) groups excluding carboxylic acids is 1. The van der Waals surface area contributed by atoms with E-state index >= 15 is 0 Å². The summed E-state index contributed by atoms with van der Waals surface area (Å²) in [6.07, 6.45) is 3.20. The Kier molecular flexibility index (Phi) is 6.65. The Labute approximate surface area is 101 Å². The van der Waals surface area contributed by atoms with Crippen molar-refractivity contribution < 1.29 is 4.79 Å². The Hall–Kier alpha value is -0.570. The van der Waals surface area contributed by atoms with Crippen LogP contribution in [0.15, 0.2) is 0 Å². The molecule has 0 spiro atoms. The maximum Gasteiger partial charge on any atom is 0.236 e. The van der Waals surface area contributed by atoms with Gasteiger partial charge in [0.2, 0.25) is 5.91 Å². The highest BCUT2D eigenvalue weighted by atomic mass is 16.2. The summed E-state index contributed by atoms with van der Waals surface area (Å²) < 4.78 is 0. The average molecular weight is 228 g/mol. The largest absolute Gasteiger partial charge is 0.342 e. The first kappa shape index (κ1) is 15.4. The van der Waals surface area contributed by atoms with Crippen molar-refractivity contribution in [3.8, 4) is 0 Å². The van der Waals surface area contributed by atoms with Crippen LogP contribution >= 0.6 is 0 Å². The summed E-state index contributed by atoms with van der Waals surface area (Å²) in [5.41, 5.74) is 0.132. The molecule has 0 aliphatic heterocycles. The van der Waals surface area contributed by atoms with E-state index < -0.39 is 0 Å². The molecule has 0 heterocycles. The van der Waals surface area contributed by atoms with Crippen LogP contribution < -0.4 is 5.32 Å². The van der Waals surface area contributed by atoms with E-state index in [0.717, 1.165) is 19.3 Å². The lowest BCUT2D eigenvalue weighted by molar-refractivity contribution is -0.130. The lowest BCUT2D eigenvalue weighted by atomic mass is 9.90. The highest BCUT2D eigenvalue weighted by Crippen LogP contribution is 2.18. The normalized spacial score (nSPS) is 11.9. The predicted molar refractivity (Wildman–Crippen MR) is 69.5 cm³/mol. The molecule has 1 N–H and O–H groups in total. The fourth-order valence-electron chi connectivity index (χ4n) is 1.80. The van der Waals surface area contributed by atoms with Crippen molar-refractivity contribution in [2.75, 3.05) is 13.6 Å². The van der Waals surface area contributed by atoms with Gasteiger partial charge in [0.15, 0.2) is 0 Å². The summed E-state index contributed by atoms with van der Waals surface area (Å²) in [6.45, 7) is 11.0. The smallest absolute Gasteiger partial charge is 0.236 e. The SMILES string of the molecule is CCC(CC)(CC)NCC(=O)N(C)C(C)C. The van der Waals surface area contributed by atoms with Gasteiger partial charge < -0.3 is 10.2 Å². The third-order valence-corrected chi connectivity index (χ3v) is 3.81. The molecule has 0 aromatic carbocycles. The van der Waals surface area contributed by atoms with Gasteiger partial charge in [0.25, 0.3) is 0 Å². The molecule has 0 fully saturated rings. The first-order chi connectivity index (χ1) is 7.42. The lowest BCUT2D eigenvalue weighted by Crippen LogP contribution is -2.49. The van der Waals surface area contributed by atoms with Gasteiger partial charge in [-0.2, -0.15) is 0 Å². The minimum Gasteiger partial charge on any atom is -0.342 e. The van der Waals surface area contributed by atoms with E-state index in [9.17, 15) is 4.79 Å². The van der Waals surface area contributed by atoms with Crippen molar-refractivity contribution in [3.05, 3.63) is 0 Å². The maximum absolute atomic E-state index is 11.8. The van der Waals surface area contributed by atoms with Crippen molar-refractivity contribution in [1.82, 2.24) is 10.2 Å². The first-order valence-electron chi connectivity index (χ1n) is 6.43. The number of likely N-dealkylation sites (N-methyl/N-ethyl adjacent to an activating group) is 1. The van der Waals surface area contributed by atoms with Crippen LogP contribution in [0.4, 0.5) is 0 Å². The van der Waals surface area contributed by atoms with Crippen LogP contribution in [0.2, 0.25) is 0 Å². The summed E-state index contributed by atoms with van der Waals surface area (Å²) in [6, 6.07) is 0.272. The molecule has 0 rings (SSSR count). The number of hydrogen-bond donors (Lipinski definition) is 1. The maximum atomic E-state index is 11.8. The molecule has 96 valence electrons. The van der Waals surface area contributed by atoms with Crippen LogP contribution in [-0.2, 0) is 4.79 Å². The predicted octanol–water partition coefficient (Wildman–Crippen LogP) is 2.41. The second kappa shape index (κ2) is 6.89. The van der Waals surface area contributed by atoms with Gasteiger partial charge in [-0.15, -0.1) is 0 Å². The second-order valence-electron chi connectivity index (χ2n) is 4.79. The van der Waals surface area contributed by atoms with Gasteiger partial charge in [-0.3, -0.25) is 4.79 Å². The Morgan fingerprint density at radius 1 is 1.19 bits per heavy atom. The molecular formula is C13H28N2O. The van der Waals surface area contributed by atoms with Crippen LogP contribution in [0.25, 0.3) is 0 Å². The Morgan fingerprint density at radius 3 is 1.94 bits per heavy atom. The minimum atomic E-state index is 0.132. The monoisotopic (exact) mass is 228 g/mol. The zero-order valence-electron chi connectivity index (χ0n) is 11.8. The number of hydrogen-bond acceptors (Lipinski definition) is 2. The van der Waals surface area contributed by atoms with E-state index in [2.05, 4.69) is 26.1 Å². The van der Waals surface area contributed by atoms with Gasteiger partial charge in [-0.1, -0.05) is 20.8 Å². The van der Waals surface area contributed by atoms with Gasteiger partial charge in [-0.25, -0.2) is 0 Å². The summed E-state index contributed by atoms with van der Waals surface area (Å²) in [5.74, 6) is 0.176. The minimum absolute atomic E-state index is 0.132. The Bertz CT molecular complexity index is 202. The number of carbonyl (C=O) groups is 1. The summed E-state index contributed by atoms with van der Waals surface area (Å²) >= 11 is 0. The highest BCUT2D eigenvalue weighted by Gasteiger charge is 2.24. The third kappa shape index (κ3) is 4.12. The molecule has 0 radical (unpaired) electrons. The molecule has 0 aromatic rings. The number of amides is 1. The Morgan fingerprint density at radius 2 is 1.62 bits per heavy atom. The van der Waals surface area contributed by atoms with Crippen LogP contribution in [0.1, 0.15) is 53.9 Å². The van der Waals surface area contributed by atoms with Gasteiger partial charge in [0.1, 0.15) is 0 Å². The Balaban J connectivity index is 4.26. The average Bonchev–Trinajstić information content (AvgIpc) is 2.30. The van der Waals surface area contributed by atoms with Gasteiger partial charge >= 0.3 is 0 Å². The van der Waals surface area contributed by atoms with Crippen LogP contribution in [0, 0.1) is 0 Å². The number of nitrogens with zero attached hydrogens (tertiary/aromatic N) is 1. The molecule has 1 amide bonds. The van der Waals surface area contributed by atoms with Gasteiger partial charge in [-0.05, 0) is 33.1 Å². The lowest BCUT2D eigenvalue weighted by Gasteiger charge is -2.33. The summed E-state index contributed by atoms with van der Waals surface area (Å²) in [7, 11) is 1.86. The number of rotatable bonds is 7. The van der Waals surface area contributed by atoms with E-state index in [1.807, 2.05) is 20.9 Å². The van der Waals surface area contributed by atoms with Crippen LogP contribution in [0.5, 0.6) is 0 Å². The summed E-state index contributed by atoms with van der Waals surface area (Å²) in [5, 5.41) is 3.43. The zero-order chi connectivity index (χ0) is 12.8. The molecule has 0 aliphatic rings. The molecule has 0 unspecified atom stereocenters. The highest BCUT2D eigenvalue weighted by molar-refractivity contribution is 5.78. The second-order valence-corrected chi connectivity index (χ2v) is 4.79. The molecule has 0 aliphatic carbocycles. The van der Waals surface area contributed by atoms with Crippen LogP contribution in [0.3, 0.4) is 0 Å². The van der Waals surface area contributed by atoms with Crippen molar-refractivity contribution in [3.63, 3.8) is 0 Å². The first-order valence-corrected chi connectivity index (χ1v) is 6.43. The fraction of sp³-hybridized carbons (Fsp3) is 0.923. The van der Waals surface area contributed by atoms with Crippen molar-refractivity contribution in [2.45, 2.75) is 65.5 Å². The molecule has 3 heteroatoms. The van der Waals surface area contributed by atoms with E-state index in [0.29, 0.717) is 6.54 Å². The fourth-order valence-corrected chi connectivity index (χ4v) is 1.80. The molecular weight excluding hydrogens is 200 g/mol. The number of nitrogens with one attached hydrogen (secondary N) is 1. The van der Waals surface area contributed by atoms with Crippen molar-refractivity contribution in [1.29, 1.82) is 0 Å². The van der Waals surface area contributed by atoms with E-state index in [1.165, 1.54) is 0 Å². The third-order valence-electron chi connectivity index (χ3n) is 3.81. The molecule has 0 aromatic heterocycles. The van der Waals surface area contributed by atoms with E-state index in [1.54, 1.807) is 4.90 Å². The summed E-state index contributed by atoms with van der Waals surface area (Å²) in [4.78, 5) is 13.6. The standard InChI is InChI=1S/C13H28N2O/c1-7-13(8-2,9-3)14-10-12(16)15(6)11(4)5/h11,14H,7-10H2,1-6H3. The van der Waals surface area contributed by atoms with E-state index in [4.69, 9.17) is 0 Å². The van der Waals surface area contributed by atoms with Crippen molar-refractivity contribution >= 4 is 5.91 Å².